The average Bonchev–Trinajstić information content (AvgIpc) is 3.42. The number of nitrogens with zero attached hydrogens (tertiary/aromatic N) is 6. The fourth-order valence-corrected chi connectivity index (χ4v) is 4.80. The Labute approximate surface area is 237 Å². The van der Waals surface area contributed by atoms with Crippen LogP contribution in [0.2, 0.25) is 0 Å². The summed E-state index contributed by atoms with van der Waals surface area (Å²) in [6, 6.07) is -0.252. The lowest BCUT2D eigenvalue weighted by molar-refractivity contribution is -0.311. The second kappa shape index (κ2) is 13.6. The van der Waals surface area contributed by atoms with Crippen LogP contribution < -0.4 is 0 Å². The van der Waals surface area contributed by atoms with E-state index < -0.39 is 72.1 Å². The number of hydrogen-bond donors (Lipinski definition) is 1. The van der Waals surface area contributed by atoms with Gasteiger partial charge in [-0.25, -0.2) is 17.9 Å². The van der Waals surface area contributed by atoms with Gasteiger partial charge in [0.15, 0.2) is 29.5 Å². The van der Waals surface area contributed by atoms with Crippen molar-refractivity contribution in [3.63, 3.8) is 0 Å². The number of halogens is 3. The highest BCUT2D eigenvalue weighted by atomic mass is 19.2. The predicted octanol–water partition coefficient (Wildman–Crippen LogP) is 2.26. The number of Topliss-reactive ketones (excluding diaryl/α,β-unsaturated/α-hetero) is 1. The number of aliphatic hydroxyl groups excluding tert-OH is 1. The lowest BCUT2D eigenvalue weighted by atomic mass is 9.88. The second-order valence-electron chi connectivity index (χ2n) is 9.99. The van der Waals surface area contributed by atoms with Crippen molar-refractivity contribution in [3.8, 4) is 11.3 Å². The molecule has 0 bridgehead atoms. The number of benzene rings is 1. The third-order valence-corrected chi connectivity index (χ3v) is 6.92. The molecule has 5 unspecified atom stereocenters. The average molecular weight is 599 g/mol. The van der Waals surface area contributed by atoms with Crippen LogP contribution in [-0.4, -0.2) is 95.0 Å². The van der Waals surface area contributed by atoms with Gasteiger partial charge in [0.2, 0.25) is 0 Å². The molecular weight excluding hydrogens is 569 g/mol. The van der Waals surface area contributed by atoms with E-state index in [1.54, 1.807) is 6.92 Å². The number of aromatic nitrogens is 3. The molecule has 228 valence electrons. The van der Waals surface area contributed by atoms with Gasteiger partial charge in [-0.15, -0.1) is 5.10 Å². The summed E-state index contributed by atoms with van der Waals surface area (Å²) in [7, 11) is 0. The van der Waals surface area contributed by atoms with Crippen LogP contribution in [0.5, 0.6) is 0 Å². The van der Waals surface area contributed by atoms with Gasteiger partial charge in [-0.1, -0.05) is 17.3 Å². The molecule has 3 heterocycles. The standard InChI is InChI=1S/C25H29F3N6O8/c1-11(35)7-40-24-22(34-6-17(31-33-34)14-4-15(26)21(28)16(27)5-14)12(2)19(10-39-13(3)36)41-25(24)42-20-9-38-8-18(23(20)37)30-32-29/h4-6,12,18-20,22-25,37H,7-10H2,1-3H3/t12?,18-,19?,20+,22?,23+,24?,25?/m0/s1. The maximum absolute atomic E-state index is 13.9. The molecule has 8 atom stereocenters. The Morgan fingerprint density at radius 3 is 2.60 bits per heavy atom. The third-order valence-electron chi connectivity index (χ3n) is 6.92. The summed E-state index contributed by atoms with van der Waals surface area (Å²) in [6.45, 7) is 3.53. The summed E-state index contributed by atoms with van der Waals surface area (Å²) in [5.74, 6) is -5.92. The maximum Gasteiger partial charge on any atom is 0.302 e. The van der Waals surface area contributed by atoms with Crippen LogP contribution >= 0.6 is 0 Å². The van der Waals surface area contributed by atoms with E-state index in [1.807, 2.05) is 0 Å². The van der Waals surface area contributed by atoms with Crippen LogP contribution in [-0.2, 0) is 33.3 Å². The molecular formula is C25H29F3N6O8. The Bertz CT molecular complexity index is 1320. The molecule has 1 aromatic heterocycles. The van der Waals surface area contributed by atoms with E-state index in [4.69, 9.17) is 29.2 Å². The first kappa shape index (κ1) is 31.3. The van der Waals surface area contributed by atoms with Gasteiger partial charge in [0.25, 0.3) is 0 Å². The van der Waals surface area contributed by atoms with Gasteiger partial charge in [0.05, 0.1) is 43.7 Å². The quantitative estimate of drug-likeness (QED) is 0.140. The number of hydrogen-bond acceptors (Lipinski definition) is 11. The summed E-state index contributed by atoms with van der Waals surface area (Å²) in [6.07, 6.45) is -4.23. The number of ketones is 1. The summed E-state index contributed by atoms with van der Waals surface area (Å²) in [4.78, 5) is 26.2. The highest BCUT2D eigenvalue weighted by Crippen LogP contribution is 2.38. The van der Waals surface area contributed by atoms with E-state index in [9.17, 15) is 27.9 Å². The van der Waals surface area contributed by atoms with Crippen molar-refractivity contribution >= 4 is 11.8 Å². The minimum Gasteiger partial charge on any atom is -0.463 e. The van der Waals surface area contributed by atoms with Gasteiger partial charge < -0.3 is 28.8 Å². The van der Waals surface area contributed by atoms with Crippen LogP contribution in [0.15, 0.2) is 23.4 Å². The van der Waals surface area contributed by atoms with Crippen molar-refractivity contribution in [2.45, 2.75) is 63.6 Å². The zero-order chi connectivity index (χ0) is 30.6. The molecule has 2 aliphatic heterocycles. The predicted molar refractivity (Wildman–Crippen MR) is 134 cm³/mol. The lowest BCUT2D eigenvalue weighted by Gasteiger charge is -2.46. The van der Waals surface area contributed by atoms with E-state index in [1.165, 1.54) is 24.7 Å². The molecule has 2 fully saturated rings. The van der Waals surface area contributed by atoms with E-state index >= 15 is 0 Å². The molecule has 2 aliphatic rings. The van der Waals surface area contributed by atoms with Crippen molar-refractivity contribution in [2.75, 3.05) is 26.4 Å². The minimum atomic E-state index is -1.63. The van der Waals surface area contributed by atoms with Crippen molar-refractivity contribution in [3.05, 3.63) is 46.2 Å². The molecule has 0 radical (unpaired) electrons. The first-order valence-corrected chi connectivity index (χ1v) is 12.9. The van der Waals surface area contributed by atoms with Crippen molar-refractivity contribution < 1.29 is 51.6 Å². The highest BCUT2D eigenvalue weighted by molar-refractivity contribution is 5.76. The van der Waals surface area contributed by atoms with Crippen LogP contribution in [0.1, 0.15) is 26.8 Å². The molecule has 2 saturated heterocycles. The van der Waals surface area contributed by atoms with Crippen LogP contribution in [0.3, 0.4) is 0 Å². The van der Waals surface area contributed by atoms with Gasteiger partial charge in [-0.3, -0.25) is 9.59 Å². The fourth-order valence-electron chi connectivity index (χ4n) is 4.80. The Balaban J connectivity index is 1.71. The number of esters is 1. The Hall–Kier alpha value is -3.60. The highest BCUT2D eigenvalue weighted by Gasteiger charge is 2.49. The number of aliphatic hydroxyl groups is 1. The normalized spacial score (nSPS) is 29.5. The Morgan fingerprint density at radius 1 is 1.24 bits per heavy atom. The Morgan fingerprint density at radius 2 is 1.95 bits per heavy atom. The SMILES string of the molecule is CC(=O)COC1C(O[C@@H]2COC[C@H](N=[N+]=[N-])[C@H]2O)OC(COC(C)=O)C(C)C1n1cc(-c2cc(F)c(F)c(F)c2)nn1. The van der Waals surface area contributed by atoms with Gasteiger partial charge in [-0.2, -0.15) is 0 Å². The summed E-state index contributed by atoms with van der Waals surface area (Å²) >= 11 is 0. The van der Waals surface area contributed by atoms with E-state index in [0.717, 1.165) is 12.1 Å². The van der Waals surface area contributed by atoms with Crippen LogP contribution in [0.4, 0.5) is 13.2 Å². The van der Waals surface area contributed by atoms with Crippen molar-refractivity contribution in [1.29, 1.82) is 0 Å². The number of carbonyl (C=O) groups is 2. The molecule has 0 amide bonds. The maximum atomic E-state index is 13.9. The van der Waals surface area contributed by atoms with Crippen molar-refractivity contribution in [2.24, 2.45) is 11.0 Å². The van der Waals surface area contributed by atoms with Crippen molar-refractivity contribution in [1.82, 2.24) is 15.0 Å². The van der Waals surface area contributed by atoms with Crippen LogP contribution in [0.25, 0.3) is 21.7 Å². The van der Waals surface area contributed by atoms with Gasteiger partial charge in [-0.05, 0) is 24.6 Å². The third kappa shape index (κ3) is 7.06. The van der Waals surface area contributed by atoms with E-state index in [0.29, 0.717) is 0 Å². The molecule has 42 heavy (non-hydrogen) atoms. The first-order valence-electron chi connectivity index (χ1n) is 12.9. The van der Waals surface area contributed by atoms with E-state index in [2.05, 4.69) is 20.3 Å². The first-order chi connectivity index (χ1) is 20.0. The molecule has 0 saturated carbocycles. The number of azide groups is 1. The number of ether oxygens (including phenoxy) is 5. The lowest BCUT2D eigenvalue weighted by Crippen LogP contribution is -2.58. The van der Waals surface area contributed by atoms with Gasteiger partial charge >= 0.3 is 5.97 Å². The minimum absolute atomic E-state index is 0.000811. The topological polar surface area (TPSA) is 180 Å². The molecule has 0 aliphatic carbocycles. The van der Waals surface area contributed by atoms with E-state index in [-0.39, 0.29) is 43.5 Å². The molecule has 0 spiro atoms. The number of carbonyl (C=O) groups excluding carboxylic acids is 2. The molecule has 4 rings (SSSR count). The Kier molecular flexibility index (Phi) is 10.1. The number of rotatable bonds is 10. The summed E-state index contributed by atoms with van der Waals surface area (Å²) in [5, 5.41) is 22.4. The molecule has 2 aromatic rings. The summed E-state index contributed by atoms with van der Waals surface area (Å²) < 4.78 is 71.4. The van der Waals surface area contributed by atoms with Gasteiger partial charge in [0.1, 0.15) is 31.1 Å². The largest absolute Gasteiger partial charge is 0.463 e. The smallest absolute Gasteiger partial charge is 0.302 e. The second-order valence-corrected chi connectivity index (χ2v) is 9.99. The monoisotopic (exact) mass is 598 g/mol. The zero-order valence-electron chi connectivity index (χ0n) is 22.8. The molecule has 17 heteroatoms. The molecule has 1 aromatic carbocycles. The molecule has 1 N–H and O–H groups in total. The molecule has 14 nitrogen and oxygen atoms in total. The van der Waals surface area contributed by atoms with Gasteiger partial charge in [0, 0.05) is 23.3 Å². The van der Waals surface area contributed by atoms with Crippen LogP contribution in [0, 0.1) is 23.4 Å². The summed E-state index contributed by atoms with van der Waals surface area (Å²) in [5.41, 5.74) is 8.73. The zero-order valence-corrected chi connectivity index (χ0v) is 22.8. The fraction of sp³-hybridized carbons (Fsp3) is 0.600.